The Kier molecular flexibility index (Phi) is 6.20. The lowest BCUT2D eigenvalue weighted by Crippen LogP contribution is -2.02. The van der Waals surface area contributed by atoms with Crippen LogP contribution in [0.3, 0.4) is 0 Å². The van der Waals surface area contributed by atoms with Crippen LogP contribution < -0.4 is 0 Å². The minimum Gasteiger partial charge on any atom is -0.300 e. The Hall–Kier alpha value is -1.70. The number of unbranched alkanes of at least 4 members (excludes halogenated alkanes) is 2. The highest BCUT2D eigenvalue weighted by molar-refractivity contribution is 6.08. The van der Waals surface area contributed by atoms with E-state index in [1.54, 1.807) is 6.92 Å². The number of hydrogen-bond donors (Lipinski definition) is 0. The summed E-state index contributed by atoms with van der Waals surface area (Å²) in [5.41, 5.74) is 2.51. The summed E-state index contributed by atoms with van der Waals surface area (Å²) in [4.78, 5) is 22.9. The standard InChI is InChI=1S/C17H22O2/c1-13-9-11-16(12-10-13)17(19)14(2)7-5-4-6-8-15(3)18/h9-12H,2,4-8H2,1,3H3. The van der Waals surface area contributed by atoms with E-state index in [9.17, 15) is 9.59 Å². The van der Waals surface area contributed by atoms with Gasteiger partial charge in [0.25, 0.3) is 0 Å². The van der Waals surface area contributed by atoms with Crippen LogP contribution in [0.25, 0.3) is 0 Å². The molecule has 0 radical (unpaired) electrons. The predicted molar refractivity (Wildman–Crippen MR) is 78.4 cm³/mol. The van der Waals surface area contributed by atoms with Crippen molar-refractivity contribution in [3.63, 3.8) is 0 Å². The van der Waals surface area contributed by atoms with E-state index in [2.05, 4.69) is 6.58 Å². The fourth-order valence-corrected chi connectivity index (χ4v) is 1.91. The number of rotatable bonds is 8. The summed E-state index contributed by atoms with van der Waals surface area (Å²) < 4.78 is 0. The van der Waals surface area contributed by atoms with E-state index in [-0.39, 0.29) is 11.6 Å². The van der Waals surface area contributed by atoms with Crippen molar-refractivity contribution < 1.29 is 9.59 Å². The zero-order valence-electron chi connectivity index (χ0n) is 11.9. The Labute approximate surface area is 115 Å². The first kappa shape index (κ1) is 15.4. The molecule has 0 unspecified atom stereocenters. The Bertz CT molecular complexity index is 455. The van der Waals surface area contributed by atoms with E-state index in [0.29, 0.717) is 24.0 Å². The van der Waals surface area contributed by atoms with Gasteiger partial charge in [0.15, 0.2) is 5.78 Å². The molecule has 2 heteroatoms. The van der Waals surface area contributed by atoms with Crippen molar-refractivity contribution in [2.75, 3.05) is 0 Å². The van der Waals surface area contributed by atoms with Gasteiger partial charge in [0.2, 0.25) is 0 Å². The zero-order valence-corrected chi connectivity index (χ0v) is 11.9. The van der Waals surface area contributed by atoms with Gasteiger partial charge in [-0.3, -0.25) is 4.79 Å². The number of ketones is 2. The summed E-state index contributed by atoms with van der Waals surface area (Å²) >= 11 is 0. The predicted octanol–water partition coefficient (Wildman–Crippen LogP) is 4.27. The first-order valence-corrected chi connectivity index (χ1v) is 6.79. The second kappa shape index (κ2) is 7.67. The number of carbonyl (C=O) groups is 2. The molecule has 2 nitrogen and oxygen atoms in total. The number of Topliss-reactive ketones (excluding diaryl/α,β-unsaturated/α-hetero) is 2. The molecule has 0 saturated carbocycles. The molecular weight excluding hydrogens is 236 g/mol. The van der Waals surface area contributed by atoms with Gasteiger partial charge in [-0.05, 0) is 38.7 Å². The molecule has 0 aliphatic carbocycles. The Morgan fingerprint density at radius 3 is 2.16 bits per heavy atom. The summed E-state index contributed by atoms with van der Waals surface area (Å²) in [6, 6.07) is 7.57. The highest BCUT2D eigenvalue weighted by Gasteiger charge is 2.09. The summed E-state index contributed by atoms with van der Waals surface area (Å²) in [6.45, 7) is 7.48. The van der Waals surface area contributed by atoms with Crippen LogP contribution in [0.4, 0.5) is 0 Å². The van der Waals surface area contributed by atoms with E-state index < -0.39 is 0 Å². The Morgan fingerprint density at radius 1 is 1.00 bits per heavy atom. The number of carbonyl (C=O) groups excluding carboxylic acids is 2. The molecule has 0 fully saturated rings. The first-order valence-electron chi connectivity index (χ1n) is 6.79. The second-order valence-electron chi connectivity index (χ2n) is 5.06. The van der Waals surface area contributed by atoms with Crippen molar-refractivity contribution in [1.82, 2.24) is 0 Å². The quantitative estimate of drug-likeness (QED) is 0.396. The molecule has 0 atom stereocenters. The van der Waals surface area contributed by atoms with E-state index >= 15 is 0 Å². The van der Waals surface area contributed by atoms with Crippen molar-refractivity contribution in [2.24, 2.45) is 0 Å². The Morgan fingerprint density at radius 2 is 1.58 bits per heavy atom. The highest BCUT2D eigenvalue weighted by Crippen LogP contribution is 2.15. The maximum atomic E-state index is 12.1. The van der Waals surface area contributed by atoms with Gasteiger partial charge in [-0.25, -0.2) is 0 Å². The minimum absolute atomic E-state index is 0.0339. The number of hydrogen-bond acceptors (Lipinski definition) is 2. The molecule has 0 spiro atoms. The lowest BCUT2D eigenvalue weighted by atomic mass is 9.98. The van der Waals surface area contributed by atoms with E-state index in [0.717, 1.165) is 24.8 Å². The molecule has 102 valence electrons. The molecule has 0 saturated heterocycles. The topological polar surface area (TPSA) is 34.1 Å². The average molecular weight is 258 g/mol. The third-order valence-electron chi connectivity index (χ3n) is 3.14. The fraction of sp³-hybridized carbons (Fsp3) is 0.412. The summed E-state index contributed by atoms with van der Waals surface area (Å²) in [7, 11) is 0. The van der Waals surface area contributed by atoms with Crippen molar-refractivity contribution >= 4 is 11.6 Å². The number of allylic oxidation sites excluding steroid dienone is 1. The van der Waals surface area contributed by atoms with Crippen molar-refractivity contribution in [3.05, 3.63) is 47.5 Å². The van der Waals surface area contributed by atoms with Crippen LogP contribution in [0.2, 0.25) is 0 Å². The maximum Gasteiger partial charge on any atom is 0.188 e. The van der Waals surface area contributed by atoms with E-state index in [4.69, 9.17) is 0 Å². The van der Waals surface area contributed by atoms with Crippen molar-refractivity contribution in [1.29, 1.82) is 0 Å². The molecule has 0 aromatic heterocycles. The molecule has 19 heavy (non-hydrogen) atoms. The SMILES string of the molecule is C=C(CCCCCC(C)=O)C(=O)c1ccc(C)cc1. The van der Waals surface area contributed by atoms with Crippen LogP contribution in [0.1, 0.15) is 54.9 Å². The molecule has 0 bridgehead atoms. The summed E-state index contributed by atoms with van der Waals surface area (Å²) in [6.07, 6.45) is 4.15. The molecule has 1 aromatic carbocycles. The lowest BCUT2D eigenvalue weighted by Gasteiger charge is -2.05. The van der Waals surface area contributed by atoms with Crippen LogP contribution in [-0.4, -0.2) is 11.6 Å². The van der Waals surface area contributed by atoms with Gasteiger partial charge in [0.05, 0.1) is 0 Å². The summed E-state index contributed by atoms with van der Waals surface area (Å²) in [5.74, 6) is 0.265. The molecule has 0 amide bonds. The molecule has 0 heterocycles. The molecule has 1 aromatic rings. The minimum atomic E-state index is 0.0339. The molecule has 1 rings (SSSR count). The average Bonchev–Trinajstić information content (AvgIpc) is 2.37. The van der Waals surface area contributed by atoms with Gasteiger partial charge in [0, 0.05) is 12.0 Å². The van der Waals surface area contributed by atoms with Crippen LogP contribution in [-0.2, 0) is 4.79 Å². The van der Waals surface area contributed by atoms with E-state index in [1.807, 2.05) is 31.2 Å². The van der Waals surface area contributed by atoms with Crippen LogP contribution in [0.15, 0.2) is 36.4 Å². The molecule has 0 aliphatic rings. The van der Waals surface area contributed by atoms with Crippen molar-refractivity contribution in [3.8, 4) is 0 Å². The van der Waals surface area contributed by atoms with Crippen LogP contribution in [0, 0.1) is 6.92 Å². The van der Waals surface area contributed by atoms with Gasteiger partial charge in [-0.15, -0.1) is 0 Å². The van der Waals surface area contributed by atoms with Gasteiger partial charge in [-0.2, -0.15) is 0 Å². The molecular formula is C17H22O2. The van der Waals surface area contributed by atoms with Gasteiger partial charge < -0.3 is 4.79 Å². The van der Waals surface area contributed by atoms with E-state index in [1.165, 1.54) is 0 Å². The third kappa shape index (κ3) is 5.64. The second-order valence-corrected chi connectivity index (χ2v) is 5.06. The van der Waals surface area contributed by atoms with Crippen LogP contribution in [0.5, 0.6) is 0 Å². The first-order chi connectivity index (χ1) is 9.00. The van der Waals surface area contributed by atoms with Gasteiger partial charge in [-0.1, -0.05) is 42.8 Å². The zero-order chi connectivity index (χ0) is 14.3. The maximum absolute atomic E-state index is 12.1. The number of benzene rings is 1. The Balaban J connectivity index is 2.35. The van der Waals surface area contributed by atoms with Gasteiger partial charge >= 0.3 is 0 Å². The molecule has 0 aliphatic heterocycles. The normalized spacial score (nSPS) is 10.2. The lowest BCUT2D eigenvalue weighted by molar-refractivity contribution is -0.117. The largest absolute Gasteiger partial charge is 0.300 e. The third-order valence-corrected chi connectivity index (χ3v) is 3.14. The van der Waals surface area contributed by atoms with Crippen LogP contribution >= 0.6 is 0 Å². The highest BCUT2D eigenvalue weighted by atomic mass is 16.1. The number of aryl methyl sites for hydroxylation is 1. The fourth-order valence-electron chi connectivity index (χ4n) is 1.91. The van der Waals surface area contributed by atoms with Gasteiger partial charge in [0.1, 0.15) is 5.78 Å². The smallest absolute Gasteiger partial charge is 0.188 e. The monoisotopic (exact) mass is 258 g/mol. The van der Waals surface area contributed by atoms with Crippen molar-refractivity contribution in [2.45, 2.75) is 46.0 Å². The molecule has 0 N–H and O–H groups in total. The summed E-state index contributed by atoms with van der Waals surface area (Å²) in [5, 5.41) is 0.